The monoisotopic (exact) mass is 413 g/mol. The molecular formula is C25H35NOTi+2. The zero-order valence-electron chi connectivity index (χ0n) is 19.2. The second-order valence-electron chi connectivity index (χ2n) is 7.27. The van der Waals surface area contributed by atoms with Gasteiger partial charge < -0.3 is 0 Å². The van der Waals surface area contributed by atoms with Gasteiger partial charge in [0.2, 0.25) is 0 Å². The van der Waals surface area contributed by atoms with Crippen LogP contribution in [0, 0.1) is 59.2 Å². The van der Waals surface area contributed by atoms with Crippen LogP contribution >= 0.6 is 0 Å². The van der Waals surface area contributed by atoms with Crippen LogP contribution in [0.5, 0.6) is 0 Å². The summed E-state index contributed by atoms with van der Waals surface area (Å²) in [5, 5.41) is 0. The molecule has 0 saturated heterocycles. The van der Waals surface area contributed by atoms with Crippen LogP contribution in [-0.4, -0.2) is 4.98 Å². The summed E-state index contributed by atoms with van der Waals surface area (Å²) in [5.41, 5.74) is 0. The molecule has 0 unspecified atom stereocenters. The predicted molar refractivity (Wildman–Crippen MR) is 114 cm³/mol. The second kappa shape index (κ2) is 13.8. The molecule has 0 bridgehead atoms. The largest absolute Gasteiger partial charge is 0.265 e. The maximum absolute atomic E-state index is 8.25. The summed E-state index contributed by atoms with van der Waals surface area (Å²) in [6, 6.07) is 5.72. The van der Waals surface area contributed by atoms with Crippen LogP contribution in [0.2, 0.25) is 0 Å². The number of nitrogens with zero attached hydrogens (tertiary/aromatic N) is 1. The molecule has 2 aliphatic rings. The molecule has 148 valence electrons. The molecule has 2 nitrogen and oxygen atoms in total. The van der Waals surface area contributed by atoms with Crippen molar-refractivity contribution in [3.05, 3.63) is 89.8 Å². The van der Waals surface area contributed by atoms with Gasteiger partial charge in [-0.05, 0) is 71.3 Å². The van der Waals surface area contributed by atoms with Gasteiger partial charge in [-0.15, -0.1) is 0 Å². The van der Waals surface area contributed by atoms with Gasteiger partial charge in [0.15, 0.2) is 0 Å². The van der Waals surface area contributed by atoms with Gasteiger partial charge in [0, 0.05) is 12.4 Å². The van der Waals surface area contributed by atoms with Gasteiger partial charge in [0.1, 0.15) is 0 Å². The predicted octanol–water partition coefficient (Wildman–Crippen LogP) is 6.90. The Bertz CT molecular complexity index is 364. The van der Waals surface area contributed by atoms with E-state index in [9.17, 15) is 0 Å². The van der Waals surface area contributed by atoms with E-state index in [1.54, 1.807) is 12.4 Å². The zero-order valence-corrected chi connectivity index (χ0v) is 20.8. The number of pyridine rings is 1. The zero-order chi connectivity index (χ0) is 22.0. The first-order chi connectivity index (χ1) is 13.1. The number of hydrogen-bond donors (Lipinski definition) is 0. The molecule has 2 fully saturated rings. The molecule has 1 aromatic heterocycles. The maximum Gasteiger partial charge on any atom is 0.0267 e. The van der Waals surface area contributed by atoms with Gasteiger partial charge in [-0.1, -0.05) is 75.3 Å². The minimum atomic E-state index is 0.750. The van der Waals surface area contributed by atoms with Crippen molar-refractivity contribution >= 4 is 0 Å². The Balaban J connectivity index is 0.000000384. The molecule has 0 atom stereocenters. The molecule has 28 heavy (non-hydrogen) atoms. The summed E-state index contributed by atoms with van der Waals surface area (Å²) in [4.78, 5) is 3.78. The van der Waals surface area contributed by atoms with E-state index < -0.39 is 0 Å². The number of aromatic nitrogens is 1. The molecule has 0 aromatic carbocycles. The Morgan fingerprint density at radius 3 is 0.679 bits per heavy atom. The van der Waals surface area contributed by atoms with Gasteiger partial charge in [-0.25, -0.2) is 0 Å². The van der Waals surface area contributed by atoms with Crippen LogP contribution in [0.15, 0.2) is 30.6 Å². The molecule has 2 aliphatic carbocycles. The molecule has 1 aromatic rings. The van der Waals surface area contributed by atoms with Crippen molar-refractivity contribution in [2.45, 2.75) is 69.2 Å². The minimum absolute atomic E-state index is 0.750. The van der Waals surface area contributed by atoms with Crippen molar-refractivity contribution in [3.8, 4) is 0 Å². The van der Waals surface area contributed by atoms with Gasteiger partial charge >= 0.3 is 23.7 Å². The van der Waals surface area contributed by atoms with E-state index in [1.165, 1.54) is 59.2 Å². The smallest absolute Gasteiger partial charge is 0.0267 e. The minimum Gasteiger partial charge on any atom is -0.265 e. The van der Waals surface area contributed by atoms with E-state index in [0.717, 1.165) is 20.4 Å². The average Bonchev–Trinajstić information content (AvgIpc) is 3.02. The van der Waals surface area contributed by atoms with Crippen LogP contribution < -0.4 is 0 Å². The molecule has 0 N–H and O–H groups in total. The fraction of sp³-hybridized carbons (Fsp3) is 0.400. The first-order valence-electron chi connectivity index (χ1n) is 9.55. The molecule has 0 amide bonds. The molecule has 0 aliphatic heterocycles. The summed E-state index contributed by atoms with van der Waals surface area (Å²) < 4.78 is 8.25. The average molecular weight is 413 g/mol. The van der Waals surface area contributed by atoms with Crippen molar-refractivity contribution in [1.29, 1.82) is 0 Å². The van der Waals surface area contributed by atoms with Crippen molar-refractivity contribution in [2.24, 2.45) is 0 Å². The van der Waals surface area contributed by atoms with Crippen molar-refractivity contribution < 1.29 is 23.7 Å². The molecule has 10 radical (unpaired) electrons. The summed E-state index contributed by atoms with van der Waals surface area (Å²) in [6.45, 7) is 22.0. The van der Waals surface area contributed by atoms with Crippen LogP contribution in [0.1, 0.15) is 69.2 Å². The standard InChI is InChI=1S/2C10H15.C5H5N.O.Ti/c2*1-6-7(2)9(4)10(5)8(6)3;1-2-4-6-5-3-1;;/h2*1-5H3;1-5H;;/q;;;;+2. The Kier molecular flexibility index (Phi) is 13.6. The topological polar surface area (TPSA) is 30.0 Å². The first-order valence-corrected chi connectivity index (χ1v) is 10.2. The Morgan fingerprint density at radius 1 is 0.429 bits per heavy atom. The fourth-order valence-electron chi connectivity index (χ4n) is 3.13. The van der Waals surface area contributed by atoms with Gasteiger partial charge in [-0.2, -0.15) is 0 Å². The van der Waals surface area contributed by atoms with E-state index in [4.69, 9.17) is 3.32 Å². The van der Waals surface area contributed by atoms with Crippen molar-refractivity contribution in [2.75, 3.05) is 0 Å². The quantitative estimate of drug-likeness (QED) is 0.433. The molecule has 1 heterocycles. The summed E-state index contributed by atoms with van der Waals surface area (Å²) in [6.07, 6.45) is 3.50. The van der Waals surface area contributed by atoms with Crippen LogP contribution in [0.4, 0.5) is 0 Å². The SMILES string of the molecule is C[C]1[C](C)[C](C)[C](C)[C]1C.C[C]1[C](C)[C](C)[C](C)[C]1C.[O]=[Ti+2].c1ccncc1. The number of rotatable bonds is 0. The molecule has 3 heteroatoms. The fourth-order valence-corrected chi connectivity index (χ4v) is 3.13. The first kappa shape index (κ1) is 27.7. The third kappa shape index (κ3) is 7.49. The molecular weight excluding hydrogens is 378 g/mol. The van der Waals surface area contributed by atoms with E-state index in [1.807, 2.05) is 18.2 Å². The van der Waals surface area contributed by atoms with Crippen LogP contribution in [-0.2, 0) is 23.7 Å². The van der Waals surface area contributed by atoms with Crippen molar-refractivity contribution in [3.63, 3.8) is 0 Å². The van der Waals surface area contributed by atoms with E-state index in [2.05, 4.69) is 74.2 Å². The summed E-state index contributed by atoms with van der Waals surface area (Å²) in [5.74, 6) is 14.7. The Hall–Kier alpha value is -0.336. The Labute approximate surface area is 187 Å². The third-order valence-corrected chi connectivity index (χ3v) is 6.19. The van der Waals surface area contributed by atoms with Crippen molar-refractivity contribution in [1.82, 2.24) is 4.98 Å². The van der Waals surface area contributed by atoms with Crippen LogP contribution in [0.3, 0.4) is 0 Å². The maximum atomic E-state index is 8.25. The van der Waals surface area contributed by atoms with Gasteiger partial charge in [0.05, 0.1) is 0 Å². The second-order valence-corrected chi connectivity index (χ2v) is 7.27. The van der Waals surface area contributed by atoms with E-state index >= 15 is 0 Å². The third-order valence-electron chi connectivity index (χ3n) is 6.19. The summed E-state index contributed by atoms with van der Waals surface area (Å²) in [7, 11) is 0. The Morgan fingerprint density at radius 2 is 0.607 bits per heavy atom. The van der Waals surface area contributed by atoms with Gasteiger partial charge in [-0.3, -0.25) is 4.98 Å². The molecule has 2 saturated carbocycles. The normalized spacial score (nSPS) is 22.3. The van der Waals surface area contributed by atoms with E-state index in [-0.39, 0.29) is 0 Å². The number of hydrogen-bond acceptors (Lipinski definition) is 2. The van der Waals surface area contributed by atoms with Crippen LogP contribution in [0.25, 0.3) is 0 Å². The van der Waals surface area contributed by atoms with Gasteiger partial charge in [0.25, 0.3) is 0 Å². The van der Waals surface area contributed by atoms with E-state index in [0.29, 0.717) is 0 Å². The molecule has 0 spiro atoms. The summed E-state index contributed by atoms with van der Waals surface area (Å²) >= 11 is 0.750. The molecule has 3 rings (SSSR count).